The second kappa shape index (κ2) is 8.29. The van der Waals surface area contributed by atoms with E-state index in [-0.39, 0.29) is 47.7 Å². The third kappa shape index (κ3) is 3.63. The molecule has 2 amide bonds. The van der Waals surface area contributed by atoms with E-state index in [0.29, 0.717) is 17.4 Å². The first-order valence-electron chi connectivity index (χ1n) is 12.3. The van der Waals surface area contributed by atoms with Crippen molar-refractivity contribution in [3.05, 3.63) is 83.4 Å². The smallest absolute Gasteiger partial charge is 0.330 e. The summed E-state index contributed by atoms with van der Waals surface area (Å²) in [5, 5.41) is 0. The molecule has 2 aromatic carbocycles. The minimum Gasteiger partial charge on any atom is -0.456 e. The fraction of sp³-hybridized carbons (Fsp3) is 0.379. The highest BCUT2D eigenvalue weighted by Gasteiger charge is 2.68. The van der Waals surface area contributed by atoms with E-state index in [2.05, 4.69) is 12.2 Å². The Bertz CT molecular complexity index is 1200. The van der Waals surface area contributed by atoms with Crippen LogP contribution < -0.4 is 0 Å². The van der Waals surface area contributed by atoms with Gasteiger partial charge in [-0.05, 0) is 42.6 Å². The number of ether oxygens (including phenoxy) is 1. The van der Waals surface area contributed by atoms with Crippen molar-refractivity contribution in [3.63, 3.8) is 0 Å². The first kappa shape index (κ1) is 22.0. The van der Waals surface area contributed by atoms with Crippen molar-refractivity contribution in [3.8, 4) is 0 Å². The largest absolute Gasteiger partial charge is 0.456 e. The Morgan fingerprint density at radius 3 is 2.11 bits per heavy atom. The molecule has 2 bridgehead atoms. The van der Waals surface area contributed by atoms with E-state index in [4.69, 9.17) is 4.74 Å². The fourth-order valence-electron chi connectivity index (χ4n) is 6.46. The number of benzene rings is 2. The maximum atomic E-state index is 13.6. The normalized spacial score (nSPS) is 30.6. The van der Waals surface area contributed by atoms with Crippen LogP contribution in [-0.2, 0) is 25.5 Å². The van der Waals surface area contributed by atoms with E-state index in [9.17, 15) is 19.2 Å². The Morgan fingerprint density at radius 1 is 0.914 bits per heavy atom. The zero-order valence-electron chi connectivity index (χ0n) is 19.5. The number of carbonyl (C=O) groups excluding carboxylic acids is 4. The van der Waals surface area contributed by atoms with Gasteiger partial charge in [-0.2, -0.15) is 0 Å². The Morgan fingerprint density at radius 2 is 1.51 bits per heavy atom. The molecule has 6 heteroatoms. The third-order valence-electron chi connectivity index (χ3n) is 8.27. The number of likely N-dealkylation sites (tertiary alicyclic amines) is 1. The van der Waals surface area contributed by atoms with Gasteiger partial charge in [0.25, 0.3) is 0 Å². The van der Waals surface area contributed by atoms with Crippen LogP contribution in [0.4, 0.5) is 0 Å². The number of ketones is 1. The van der Waals surface area contributed by atoms with E-state index in [0.717, 1.165) is 17.5 Å². The number of nitrogens with zero attached hydrogens (tertiary/aromatic N) is 1. The van der Waals surface area contributed by atoms with E-state index in [1.54, 1.807) is 12.1 Å². The summed E-state index contributed by atoms with van der Waals surface area (Å²) in [6, 6.07) is 15.2. The van der Waals surface area contributed by atoms with Gasteiger partial charge in [0.1, 0.15) is 6.04 Å². The van der Waals surface area contributed by atoms with Crippen molar-refractivity contribution in [2.24, 2.45) is 35.5 Å². The van der Waals surface area contributed by atoms with Gasteiger partial charge in [-0.25, -0.2) is 4.79 Å². The van der Waals surface area contributed by atoms with Crippen LogP contribution in [0.15, 0.2) is 66.7 Å². The summed E-state index contributed by atoms with van der Waals surface area (Å²) >= 11 is 0. The molecule has 7 atom stereocenters. The predicted octanol–water partition coefficient (Wildman–Crippen LogP) is 3.39. The molecule has 0 aromatic heterocycles. The third-order valence-corrected chi connectivity index (χ3v) is 8.27. The Hall–Kier alpha value is -3.54. The SMILES string of the molecule is Cc1ccc(C(=O)COC(=O)[C@H](Cc2ccccc2)N2C(=O)[C@@H]3[C@H]4C=C[C@@H]([C@@H]5C[C@H]45)[C@@H]3C2=O)cc1. The van der Waals surface area contributed by atoms with E-state index >= 15 is 0 Å². The summed E-state index contributed by atoms with van der Waals surface area (Å²) in [7, 11) is 0. The van der Waals surface area contributed by atoms with Crippen molar-refractivity contribution >= 4 is 23.6 Å². The summed E-state index contributed by atoms with van der Waals surface area (Å²) in [6.07, 6.45) is 5.45. The van der Waals surface area contributed by atoms with Crippen LogP contribution in [0.5, 0.6) is 0 Å². The molecule has 5 aliphatic rings. The lowest BCUT2D eigenvalue weighted by atomic mass is 9.63. The highest BCUT2D eigenvalue weighted by Crippen LogP contribution is 2.65. The van der Waals surface area contributed by atoms with Crippen LogP contribution in [-0.4, -0.2) is 41.1 Å². The van der Waals surface area contributed by atoms with E-state index in [1.807, 2.05) is 49.4 Å². The number of allylic oxidation sites excluding steroid dienone is 2. The van der Waals surface area contributed by atoms with E-state index in [1.165, 1.54) is 4.90 Å². The monoisotopic (exact) mass is 469 g/mol. The topological polar surface area (TPSA) is 80.8 Å². The summed E-state index contributed by atoms with van der Waals surface area (Å²) in [5.74, 6) is -1.25. The maximum absolute atomic E-state index is 13.6. The number of amides is 2. The van der Waals surface area contributed by atoms with Gasteiger partial charge in [0.15, 0.2) is 12.4 Å². The molecule has 0 radical (unpaired) electrons. The van der Waals surface area contributed by atoms with Crippen LogP contribution in [0.1, 0.15) is 27.9 Å². The summed E-state index contributed by atoms with van der Waals surface area (Å²) in [6.45, 7) is 1.49. The highest BCUT2D eigenvalue weighted by atomic mass is 16.5. The Kier molecular flexibility index (Phi) is 5.20. The number of esters is 1. The lowest BCUT2D eigenvalue weighted by molar-refractivity contribution is -0.158. The Balaban J connectivity index is 1.25. The first-order valence-corrected chi connectivity index (χ1v) is 12.3. The van der Waals surface area contributed by atoms with Gasteiger partial charge in [0.2, 0.25) is 11.8 Å². The molecule has 1 saturated heterocycles. The van der Waals surface area contributed by atoms with Gasteiger partial charge < -0.3 is 4.74 Å². The predicted molar refractivity (Wildman–Crippen MR) is 127 cm³/mol. The number of hydrogen-bond donors (Lipinski definition) is 0. The minimum absolute atomic E-state index is 0.0768. The molecular weight excluding hydrogens is 442 g/mol. The summed E-state index contributed by atoms with van der Waals surface area (Å²) in [4.78, 5) is 54.4. The number of carbonyl (C=O) groups is 4. The number of Topliss-reactive ketones (excluding diaryl/α,β-unsaturated/α-hetero) is 1. The molecule has 2 aromatic rings. The van der Waals surface area contributed by atoms with Crippen LogP contribution in [0.25, 0.3) is 0 Å². The molecule has 35 heavy (non-hydrogen) atoms. The maximum Gasteiger partial charge on any atom is 0.330 e. The molecule has 7 rings (SSSR count). The van der Waals surface area contributed by atoms with Crippen LogP contribution in [0.2, 0.25) is 0 Å². The lowest BCUT2D eigenvalue weighted by Crippen LogP contribution is -2.48. The van der Waals surface area contributed by atoms with Crippen LogP contribution >= 0.6 is 0 Å². The van der Waals surface area contributed by atoms with Gasteiger partial charge >= 0.3 is 5.97 Å². The molecule has 1 aliphatic heterocycles. The average molecular weight is 470 g/mol. The number of rotatable bonds is 7. The highest BCUT2D eigenvalue weighted by molar-refractivity contribution is 6.09. The average Bonchev–Trinajstić information content (AvgIpc) is 3.65. The first-order chi connectivity index (χ1) is 16.9. The Labute approximate surface area is 203 Å². The molecule has 1 heterocycles. The molecule has 6 nitrogen and oxygen atoms in total. The fourth-order valence-corrected chi connectivity index (χ4v) is 6.46. The number of imide groups is 1. The minimum atomic E-state index is -1.09. The van der Waals surface area contributed by atoms with Crippen LogP contribution in [0.3, 0.4) is 0 Å². The molecule has 0 spiro atoms. The van der Waals surface area contributed by atoms with Gasteiger partial charge in [-0.15, -0.1) is 0 Å². The van der Waals surface area contributed by atoms with Crippen molar-refractivity contribution < 1.29 is 23.9 Å². The van der Waals surface area contributed by atoms with Gasteiger partial charge in [-0.1, -0.05) is 72.3 Å². The van der Waals surface area contributed by atoms with Crippen molar-refractivity contribution in [1.82, 2.24) is 4.90 Å². The quantitative estimate of drug-likeness (QED) is 0.269. The number of hydrogen-bond acceptors (Lipinski definition) is 5. The summed E-state index contributed by atoms with van der Waals surface area (Å²) < 4.78 is 5.43. The van der Waals surface area contributed by atoms with Gasteiger partial charge in [0.05, 0.1) is 11.8 Å². The van der Waals surface area contributed by atoms with Crippen molar-refractivity contribution in [2.45, 2.75) is 25.8 Å². The molecule has 178 valence electrons. The van der Waals surface area contributed by atoms with E-state index < -0.39 is 18.6 Å². The number of aryl methyl sites for hydroxylation is 1. The second-order valence-electron chi connectivity index (χ2n) is 10.3. The zero-order chi connectivity index (χ0) is 24.3. The molecule has 2 saturated carbocycles. The summed E-state index contributed by atoms with van der Waals surface area (Å²) in [5.41, 5.74) is 2.29. The second-order valence-corrected chi connectivity index (χ2v) is 10.3. The van der Waals surface area contributed by atoms with Gasteiger partial charge in [0, 0.05) is 12.0 Å². The van der Waals surface area contributed by atoms with Crippen LogP contribution in [0, 0.1) is 42.4 Å². The molecule has 0 unspecified atom stereocenters. The molecular formula is C29H27NO5. The standard InChI is InChI=1S/C29H27NO5/c1-16-7-9-18(10-8-16)24(31)15-35-29(34)23(13-17-5-3-2-4-6-17)30-27(32)25-19-11-12-20(22-14-21(19)22)26(25)28(30)33/h2-12,19-23,25-26H,13-15H2,1H3/t19-,20-,21-,22+,23-,25-,26+/m0/s1. The van der Waals surface area contributed by atoms with Crippen molar-refractivity contribution in [1.29, 1.82) is 0 Å². The van der Waals surface area contributed by atoms with Gasteiger partial charge in [-0.3, -0.25) is 19.3 Å². The zero-order valence-corrected chi connectivity index (χ0v) is 19.5. The molecule has 0 N–H and O–H groups in total. The van der Waals surface area contributed by atoms with Crippen molar-refractivity contribution in [2.75, 3.05) is 6.61 Å². The lowest BCUT2D eigenvalue weighted by Gasteiger charge is -2.37. The molecule has 4 aliphatic carbocycles. The molecule has 3 fully saturated rings.